The second-order valence-corrected chi connectivity index (χ2v) is 11.8. The molecular weight excluding hydrogens is 402 g/mol. The maximum absolute atomic E-state index is 12.5. The molecule has 0 radical (unpaired) electrons. The molecule has 1 N–H and O–H groups in total. The molecule has 0 aliphatic carbocycles. The van der Waals surface area contributed by atoms with Crippen LogP contribution < -0.4 is 5.32 Å². The fraction of sp³-hybridized carbons (Fsp3) is 0.962. The first-order chi connectivity index (χ1) is 15.0. The Labute approximate surface area is 196 Å². The number of carbonyl (C=O) groups is 1. The third-order valence-electron chi connectivity index (χ3n) is 8.69. The first-order valence-corrected chi connectivity index (χ1v) is 13.0. The maximum atomic E-state index is 12.5. The van der Waals surface area contributed by atoms with Gasteiger partial charge in [0.05, 0.1) is 6.10 Å². The van der Waals surface area contributed by atoms with Crippen molar-refractivity contribution in [1.82, 2.24) is 15.1 Å². The van der Waals surface area contributed by atoms with E-state index in [2.05, 4.69) is 37.9 Å². The first-order valence-electron chi connectivity index (χ1n) is 13.0. The van der Waals surface area contributed by atoms with Gasteiger partial charge >= 0.3 is 6.09 Å². The molecule has 32 heavy (non-hydrogen) atoms. The zero-order chi connectivity index (χ0) is 23.7. The Bertz CT molecular complexity index is 628. The monoisotopic (exact) mass is 451 g/mol. The molecule has 3 heterocycles. The summed E-state index contributed by atoms with van der Waals surface area (Å²) in [4.78, 5) is 17.1. The lowest BCUT2D eigenvalue weighted by Crippen LogP contribution is -2.67. The van der Waals surface area contributed by atoms with Gasteiger partial charge in [-0.2, -0.15) is 0 Å². The Morgan fingerprint density at radius 1 is 1.19 bits per heavy atom. The lowest BCUT2D eigenvalue weighted by molar-refractivity contribution is -0.0900. The summed E-state index contributed by atoms with van der Waals surface area (Å²) in [6.07, 6.45) is 7.03. The maximum Gasteiger partial charge on any atom is 0.410 e. The quantitative estimate of drug-likeness (QED) is 0.658. The van der Waals surface area contributed by atoms with Crippen LogP contribution in [0.3, 0.4) is 0 Å². The zero-order valence-corrected chi connectivity index (χ0v) is 21.9. The number of hydrogen-bond acceptors (Lipinski definition) is 5. The van der Waals surface area contributed by atoms with Crippen molar-refractivity contribution in [2.75, 3.05) is 26.7 Å². The first kappa shape index (κ1) is 25.8. The molecule has 6 heteroatoms. The van der Waals surface area contributed by atoms with Crippen molar-refractivity contribution in [3.8, 4) is 0 Å². The fourth-order valence-corrected chi connectivity index (χ4v) is 6.55. The number of nitrogens with one attached hydrogen (secondary N) is 1. The van der Waals surface area contributed by atoms with Crippen molar-refractivity contribution in [3.05, 3.63) is 0 Å². The molecule has 0 spiro atoms. The van der Waals surface area contributed by atoms with E-state index in [-0.39, 0.29) is 17.6 Å². The number of nitrogens with zero attached hydrogens (tertiary/aromatic N) is 2. The number of amides is 1. The summed E-state index contributed by atoms with van der Waals surface area (Å²) in [5.74, 6) is 0.642. The third-order valence-corrected chi connectivity index (χ3v) is 8.69. The Balaban J connectivity index is 1.64. The Hall–Kier alpha value is -0.850. The largest absolute Gasteiger partial charge is 0.444 e. The standard InChI is InChI=1S/C26H49N3O3/c1-9-10-23-26(7,19(3)31-8)17-21-18(2)29(16-13-22(21)27-23)20-11-14-28(15-12-20)24(30)32-25(4,5)6/h18-23,27H,9-17H2,1-8H3/t18-,19+,21+,22-,23?,26-/m1/s1. The molecule has 3 saturated heterocycles. The van der Waals surface area contributed by atoms with Crippen LogP contribution in [0.2, 0.25) is 0 Å². The molecule has 3 fully saturated rings. The molecule has 3 aliphatic heterocycles. The van der Waals surface area contributed by atoms with E-state index in [4.69, 9.17) is 9.47 Å². The summed E-state index contributed by atoms with van der Waals surface area (Å²) < 4.78 is 11.5. The minimum absolute atomic E-state index is 0.156. The smallest absolute Gasteiger partial charge is 0.410 e. The average molecular weight is 452 g/mol. The zero-order valence-electron chi connectivity index (χ0n) is 21.9. The topological polar surface area (TPSA) is 54.0 Å². The second kappa shape index (κ2) is 10.2. The number of rotatable bonds is 5. The number of methoxy groups -OCH3 is 1. The molecule has 0 bridgehead atoms. The van der Waals surface area contributed by atoms with Crippen LogP contribution in [0.5, 0.6) is 0 Å². The van der Waals surface area contributed by atoms with Gasteiger partial charge in [0.2, 0.25) is 0 Å². The molecule has 186 valence electrons. The van der Waals surface area contributed by atoms with E-state index in [0.717, 1.165) is 32.5 Å². The van der Waals surface area contributed by atoms with E-state index >= 15 is 0 Å². The van der Waals surface area contributed by atoms with Crippen molar-refractivity contribution in [1.29, 1.82) is 0 Å². The highest BCUT2D eigenvalue weighted by Gasteiger charge is 2.51. The molecule has 0 aromatic rings. The van der Waals surface area contributed by atoms with Crippen LogP contribution >= 0.6 is 0 Å². The Kier molecular flexibility index (Phi) is 8.20. The molecule has 6 atom stereocenters. The van der Waals surface area contributed by atoms with Gasteiger partial charge in [-0.1, -0.05) is 20.3 Å². The molecule has 1 unspecified atom stereocenters. The van der Waals surface area contributed by atoms with Crippen LogP contribution in [-0.4, -0.2) is 78.5 Å². The summed E-state index contributed by atoms with van der Waals surface area (Å²) in [7, 11) is 1.86. The lowest BCUT2D eigenvalue weighted by Gasteiger charge is -2.58. The summed E-state index contributed by atoms with van der Waals surface area (Å²) in [6.45, 7) is 18.0. The fourth-order valence-electron chi connectivity index (χ4n) is 6.55. The van der Waals surface area contributed by atoms with Gasteiger partial charge in [-0.05, 0) is 72.6 Å². The van der Waals surface area contributed by atoms with Gasteiger partial charge in [-0.3, -0.25) is 4.90 Å². The minimum atomic E-state index is -0.431. The number of hydrogen-bond donors (Lipinski definition) is 1. The van der Waals surface area contributed by atoms with E-state index in [1.165, 1.54) is 25.7 Å². The number of carbonyl (C=O) groups excluding carboxylic acids is 1. The molecule has 6 nitrogen and oxygen atoms in total. The summed E-state index contributed by atoms with van der Waals surface area (Å²) in [5, 5.41) is 4.08. The van der Waals surface area contributed by atoms with E-state index < -0.39 is 5.60 Å². The molecule has 0 aromatic heterocycles. The molecule has 1 amide bonds. The molecular formula is C26H49N3O3. The molecule has 0 aromatic carbocycles. The highest BCUT2D eigenvalue weighted by molar-refractivity contribution is 5.68. The minimum Gasteiger partial charge on any atom is -0.444 e. The van der Waals surface area contributed by atoms with Crippen molar-refractivity contribution in [3.63, 3.8) is 0 Å². The van der Waals surface area contributed by atoms with Gasteiger partial charge in [0.1, 0.15) is 5.60 Å². The van der Waals surface area contributed by atoms with E-state index in [1.807, 2.05) is 32.8 Å². The van der Waals surface area contributed by atoms with Crippen LogP contribution in [0.4, 0.5) is 4.79 Å². The number of likely N-dealkylation sites (tertiary alicyclic amines) is 2. The normalized spacial score (nSPS) is 35.9. The van der Waals surface area contributed by atoms with Gasteiger partial charge in [-0.15, -0.1) is 0 Å². The van der Waals surface area contributed by atoms with Crippen molar-refractivity contribution >= 4 is 6.09 Å². The number of ether oxygens (including phenoxy) is 2. The van der Waals surface area contributed by atoms with Gasteiger partial charge < -0.3 is 19.7 Å². The van der Waals surface area contributed by atoms with Gasteiger partial charge in [0.15, 0.2) is 0 Å². The van der Waals surface area contributed by atoms with Crippen LogP contribution in [0, 0.1) is 11.3 Å². The lowest BCUT2D eigenvalue weighted by atomic mass is 9.62. The molecule has 0 saturated carbocycles. The third kappa shape index (κ3) is 5.44. The Morgan fingerprint density at radius 2 is 1.84 bits per heavy atom. The van der Waals surface area contributed by atoms with Crippen LogP contribution in [0.25, 0.3) is 0 Å². The van der Waals surface area contributed by atoms with Crippen molar-refractivity contribution < 1.29 is 14.3 Å². The summed E-state index contributed by atoms with van der Waals surface area (Å²) >= 11 is 0. The SMILES string of the molecule is CCCC1N[C@@H]2CCN(C3CCN(C(=O)OC(C)(C)C)CC3)[C@H](C)[C@@H]2C[C@]1(C)[C@H](C)OC. The molecule has 3 rings (SSSR count). The van der Waals surface area contributed by atoms with Gasteiger partial charge in [0, 0.05) is 56.3 Å². The predicted molar refractivity (Wildman–Crippen MR) is 130 cm³/mol. The Morgan fingerprint density at radius 3 is 2.41 bits per heavy atom. The van der Waals surface area contributed by atoms with Crippen molar-refractivity contribution in [2.24, 2.45) is 11.3 Å². The second-order valence-electron chi connectivity index (χ2n) is 11.8. The number of fused-ring (bicyclic) bond motifs is 1. The summed E-state index contributed by atoms with van der Waals surface area (Å²) in [6, 6.07) is 2.24. The van der Waals surface area contributed by atoms with Crippen LogP contribution in [0.1, 0.15) is 87.0 Å². The summed E-state index contributed by atoms with van der Waals surface area (Å²) in [5.41, 5.74) is -0.275. The molecule has 3 aliphatic rings. The van der Waals surface area contributed by atoms with E-state index in [9.17, 15) is 4.79 Å². The van der Waals surface area contributed by atoms with E-state index in [0.29, 0.717) is 30.1 Å². The number of piperidine rings is 3. The highest BCUT2D eigenvalue weighted by Crippen LogP contribution is 2.46. The van der Waals surface area contributed by atoms with Crippen molar-refractivity contribution in [2.45, 2.75) is 123 Å². The average Bonchev–Trinajstić information content (AvgIpc) is 2.73. The van der Waals surface area contributed by atoms with E-state index in [1.54, 1.807) is 0 Å². The van der Waals surface area contributed by atoms with Crippen LogP contribution in [0.15, 0.2) is 0 Å². The van der Waals surface area contributed by atoms with Crippen LogP contribution in [-0.2, 0) is 9.47 Å². The van der Waals surface area contributed by atoms with Gasteiger partial charge in [-0.25, -0.2) is 4.79 Å². The highest BCUT2D eigenvalue weighted by atomic mass is 16.6. The predicted octanol–water partition coefficient (Wildman–Crippen LogP) is 4.67. The van der Waals surface area contributed by atoms with Gasteiger partial charge in [0.25, 0.3) is 0 Å².